The van der Waals surface area contributed by atoms with Crippen LogP contribution in [0.5, 0.6) is 0 Å². The van der Waals surface area contributed by atoms with Gasteiger partial charge in [0, 0.05) is 25.6 Å². The summed E-state index contributed by atoms with van der Waals surface area (Å²) < 4.78 is 5.41. The maximum absolute atomic E-state index is 5.41. The topological polar surface area (TPSA) is 21.3 Å². The Kier molecular flexibility index (Phi) is 2.90. The molecule has 0 aromatic carbocycles. The summed E-state index contributed by atoms with van der Waals surface area (Å²) in [4.78, 5) is 0. The van der Waals surface area contributed by atoms with Crippen molar-refractivity contribution in [1.82, 2.24) is 5.32 Å². The van der Waals surface area contributed by atoms with Crippen LogP contribution in [-0.2, 0) is 4.74 Å². The zero-order valence-corrected chi connectivity index (χ0v) is 7.81. The van der Waals surface area contributed by atoms with Gasteiger partial charge in [0.05, 0.1) is 6.61 Å². The molecule has 0 spiro atoms. The number of hydrogen-bond acceptors (Lipinski definition) is 2. The van der Waals surface area contributed by atoms with Gasteiger partial charge < -0.3 is 10.1 Å². The molecule has 0 aliphatic carbocycles. The highest BCUT2D eigenvalue weighted by Crippen LogP contribution is 2.29. The van der Waals surface area contributed by atoms with E-state index < -0.39 is 0 Å². The summed E-state index contributed by atoms with van der Waals surface area (Å²) in [5.41, 5.74) is 0.426. The predicted octanol–water partition coefficient (Wildman–Crippen LogP) is 1.27. The van der Waals surface area contributed by atoms with Crippen LogP contribution >= 0.6 is 0 Å². The molecule has 2 heteroatoms. The lowest BCUT2D eigenvalue weighted by atomic mass is 9.83. The van der Waals surface area contributed by atoms with Crippen LogP contribution < -0.4 is 5.32 Å². The number of nitrogens with one attached hydrogen (secondary N) is 1. The first-order chi connectivity index (χ1) is 5.17. The fraction of sp³-hybridized carbons (Fsp3) is 1.00. The molecule has 0 radical (unpaired) electrons. The second kappa shape index (κ2) is 3.55. The van der Waals surface area contributed by atoms with Gasteiger partial charge in [-0.1, -0.05) is 13.8 Å². The zero-order chi connectivity index (χ0) is 8.32. The van der Waals surface area contributed by atoms with E-state index in [1.807, 2.05) is 0 Å². The first-order valence-corrected chi connectivity index (χ1v) is 4.45. The monoisotopic (exact) mass is 157 g/mol. The third kappa shape index (κ3) is 2.17. The normalized spacial score (nSPS) is 29.2. The van der Waals surface area contributed by atoms with Crippen LogP contribution in [0.3, 0.4) is 0 Å². The first-order valence-electron chi connectivity index (χ1n) is 4.45. The van der Waals surface area contributed by atoms with E-state index >= 15 is 0 Å². The summed E-state index contributed by atoms with van der Waals surface area (Å²) in [6, 6.07) is 0. The van der Waals surface area contributed by atoms with E-state index in [2.05, 4.69) is 26.1 Å². The van der Waals surface area contributed by atoms with Gasteiger partial charge in [0.25, 0.3) is 0 Å². The van der Waals surface area contributed by atoms with Gasteiger partial charge in [-0.3, -0.25) is 0 Å². The number of hydrogen-bond donors (Lipinski definition) is 1. The Morgan fingerprint density at radius 3 is 2.73 bits per heavy atom. The highest BCUT2D eigenvalue weighted by Gasteiger charge is 2.33. The molecule has 0 aromatic rings. The zero-order valence-electron chi connectivity index (χ0n) is 7.81. The number of rotatable bonds is 3. The first kappa shape index (κ1) is 9.01. The molecular formula is C9H19NO. The molecule has 0 amide bonds. The lowest BCUT2D eigenvalue weighted by Gasteiger charge is -2.25. The van der Waals surface area contributed by atoms with Crippen molar-refractivity contribution in [1.29, 1.82) is 0 Å². The van der Waals surface area contributed by atoms with Crippen molar-refractivity contribution in [2.45, 2.75) is 20.8 Å². The summed E-state index contributed by atoms with van der Waals surface area (Å²) in [6.07, 6.45) is 0. The van der Waals surface area contributed by atoms with Crippen molar-refractivity contribution < 1.29 is 4.74 Å². The van der Waals surface area contributed by atoms with Crippen LogP contribution in [0.4, 0.5) is 0 Å². The van der Waals surface area contributed by atoms with E-state index in [-0.39, 0.29) is 0 Å². The third-order valence-corrected chi connectivity index (χ3v) is 2.60. The van der Waals surface area contributed by atoms with E-state index in [1.165, 1.54) is 0 Å². The van der Waals surface area contributed by atoms with E-state index in [1.54, 1.807) is 0 Å². The van der Waals surface area contributed by atoms with Crippen LogP contribution in [0.15, 0.2) is 0 Å². The van der Waals surface area contributed by atoms with Gasteiger partial charge in [-0.15, -0.1) is 0 Å². The quantitative estimate of drug-likeness (QED) is 0.666. The fourth-order valence-corrected chi connectivity index (χ4v) is 1.53. The van der Waals surface area contributed by atoms with Gasteiger partial charge in [0.15, 0.2) is 0 Å². The van der Waals surface area contributed by atoms with Crippen molar-refractivity contribution in [3.63, 3.8) is 0 Å². The van der Waals surface area contributed by atoms with Gasteiger partial charge >= 0.3 is 0 Å². The second-order valence-corrected chi connectivity index (χ2v) is 3.98. The van der Waals surface area contributed by atoms with E-state index in [0.29, 0.717) is 11.3 Å². The Balaban J connectivity index is 2.32. The maximum atomic E-state index is 5.41. The second-order valence-electron chi connectivity index (χ2n) is 3.98. The molecule has 1 aliphatic rings. The number of ether oxygens (including phenoxy) is 1. The molecule has 1 heterocycles. The molecule has 1 fully saturated rings. The molecule has 0 aromatic heterocycles. The minimum absolute atomic E-state index is 0.426. The van der Waals surface area contributed by atoms with Gasteiger partial charge in [-0.25, -0.2) is 0 Å². The summed E-state index contributed by atoms with van der Waals surface area (Å²) in [7, 11) is 0. The van der Waals surface area contributed by atoms with Crippen LogP contribution in [0, 0.1) is 11.3 Å². The summed E-state index contributed by atoms with van der Waals surface area (Å²) in [6.45, 7) is 10.7. The van der Waals surface area contributed by atoms with Crippen molar-refractivity contribution in [2.75, 3.05) is 26.3 Å². The highest BCUT2D eigenvalue weighted by molar-refractivity contribution is 4.87. The van der Waals surface area contributed by atoms with Gasteiger partial charge in [-0.05, 0) is 12.3 Å². The highest BCUT2D eigenvalue weighted by atomic mass is 16.5. The van der Waals surface area contributed by atoms with Crippen LogP contribution in [0.1, 0.15) is 20.8 Å². The van der Waals surface area contributed by atoms with E-state index in [0.717, 1.165) is 26.3 Å². The van der Waals surface area contributed by atoms with Gasteiger partial charge in [-0.2, -0.15) is 0 Å². The standard InChI is InChI=1S/C9H19NO/c1-4-11-6-8-5-10-7-9(8,2)3/h8,10H,4-7H2,1-3H3/t8-/m1/s1. The third-order valence-electron chi connectivity index (χ3n) is 2.60. The molecule has 1 N–H and O–H groups in total. The Morgan fingerprint density at radius 2 is 2.27 bits per heavy atom. The smallest absolute Gasteiger partial charge is 0.0511 e. The molecule has 0 saturated carbocycles. The van der Waals surface area contributed by atoms with Crippen LogP contribution in [0.2, 0.25) is 0 Å². The van der Waals surface area contributed by atoms with Crippen LogP contribution in [0.25, 0.3) is 0 Å². The lowest BCUT2D eigenvalue weighted by molar-refractivity contribution is 0.0801. The predicted molar refractivity (Wildman–Crippen MR) is 46.6 cm³/mol. The average molecular weight is 157 g/mol. The molecule has 1 rings (SSSR count). The van der Waals surface area contributed by atoms with E-state index in [9.17, 15) is 0 Å². The molecule has 11 heavy (non-hydrogen) atoms. The maximum Gasteiger partial charge on any atom is 0.0511 e. The molecule has 0 bridgehead atoms. The SMILES string of the molecule is CCOC[C@H]1CNCC1(C)C. The molecule has 2 nitrogen and oxygen atoms in total. The minimum Gasteiger partial charge on any atom is -0.381 e. The molecular weight excluding hydrogens is 138 g/mol. The van der Waals surface area contributed by atoms with Gasteiger partial charge in [0.1, 0.15) is 0 Å². The Bertz CT molecular complexity index is 123. The van der Waals surface area contributed by atoms with Crippen molar-refractivity contribution in [2.24, 2.45) is 11.3 Å². The largest absolute Gasteiger partial charge is 0.381 e. The summed E-state index contributed by atoms with van der Waals surface area (Å²) in [5, 5.41) is 3.39. The molecule has 66 valence electrons. The van der Waals surface area contributed by atoms with E-state index in [4.69, 9.17) is 4.74 Å². The van der Waals surface area contributed by atoms with Crippen LogP contribution in [-0.4, -0.2) is 26.3 Å². The fourth-order valence-electron chi connectivity index (χ4n) is 1.53. The molecule has 1 atom stereocenters. The molecule has 1 saturated heterocycles. The van der Waals surface area contributed by atoms with Gasteiger partial charge in [0.2, 0.25) is 0 Å². The Morgan fingerprint density at radius 1 is 1.55 bits per heavy atom. The minimum atomic E-state index is 0.426. The van der Waals surface area contributed by atoms with Crippen molar-refractivity contribution in [3.05, 3.63) is 0 Å². The summed E-state index contributed by atoms with van der Waals surface area (Å²) in [5.74, 6) is 0.697. The Labute approximate surface area is 69.3 Å². The van der Waals surface area contributed by atoms with Crippen molar-refractivity contribution in [3.8, 4) is 0 Å². The van der Waals surface area contributed by atoms with Crippen molar-refractivity contribution >= 4 is 0 Å². The Hall–Kier alpha value is -0.0800. The average Bonchev–Trinajstić information content (AvgIpc) is 2.25. The lowest BCUT2D eigenvalue weighted by Crippen LogP contribution is -2.26. The molecule has 1 aliphatic heterocycles. The summed E-state index contributed by atoms with van der Waals surface area (Å²) >= 11 is 0. The molecule has 0 unspecified atom stereocenters.